The first-order chi connectivity index (χ1) is 18.8. The van der Waals surface area contributed by atoms with E-state index in [0.717, 1.165) is 17.5 Å². The number of furan rings is 1. The van der Waals surface area contributed by atoms with Crippen LogP contribution in [0, 0.1) is 0 Å². The Kier molecular flexibility index (Phi) is 6.89. The summed E-state index contributed by atoms with van der Waals surface area (Å²) in [4.78, 5) is 45.7. The fraction of sp³-hybridized carbons (Fsp3) is 0.200. The summed E-state index contributed by atoms with van der Waals surface area (Å²) >= 11 is 0. The number of ether oxygens (including phenoxy) is 1. The molecule has 0 aliphatic carbocycles. The summed E-state index contributed by atoms with van der Waals surface area (Å²) < 4.78 is 12.7. The van der Waals surface area contributed by atoms with Crippen molar-refractivity contribution in [2.24, 2.45) is 4.99 Å². The maximum absolute atomic E-state index is 13.7. The van der Waals surface area contributed by atoms with Gasteiger partial charge in [-0.15, -0.1) is 0 Å². The summed E-state index contributed by atoms with van der Waals surface area (Å²) in [6, 6.07) is 16.9. The number of hydrogen-bond donors (Lipinski definition) is 2. The molecule has 198 valence electrons. The predicted molar refractivity (Wildman–Crippen MR) is 144 cm³/mol. The zero-order chi connectivity index (χ0) is 27.7. The van der Waals surface area contributed by atoms with Crippen molar-refractivity contribution in [3.05, 3.63) is 116 Å². The van der Waals surface area contributed by atoms with Crippen LogP contribution < -0.4 is 16.5 Å². The number of H-pyrrole nitrogens is 1. The van der Waals surface area contributed by atoms with Gasteiger partial charge in [0.05, 0.1) is 29.5 Å². The number of aromatic nitrogens is 2. The first-order valence-electron chi connectivity index (χ1n) is 12.6. The van der Waals surface area contributed by atoms with E-state index in [1.54, 1.807) is 44.2 Å². The van der Waals surface area contributed by atoms with Crippen molar-refractivity contribution in [2.75, 3.05) is 6.61 Å². The third-order valence-corrected chi connectivity index (χ3v) is 6.63. The van der Waals surface area contributed by atoms with Gasteiger partial charge in [0.1, 0.15) is 16.9 Å². The molecule has 2 N–H and O–H groups in total. The highest BCUT2D eigenvalue weighted by atomic mass is 16.5. The number of hydrogen-bond acceptors (Lipinski definition) is 6. The third-order valence-electron chi connectivity index (χ3n) is 6.63. The van der Waals surface area contributed by atoms with Crippen LogP contribution in [0.3, 0.4) is 0 Å². The first kappa shape index (κ1) is 25.7. The zero-order valence-corrected chi connectivity index (χ0v) is 21.7. The largest absolute Gasteiger partial charge is 0.478 e. The quantitative estimate of drug-likeness (QED) is 0.355. The maximum Gasteiger partial charge on any atom is 0.338 e. The van der Waals surface area contributed by atoms with Gasteiger partial charge in [0.25, 0.3) is 5.56 Å². The molecule has 0 bridgehead atoms. The summed E-state index contributed by atoms with van der Waals surface area (Å²) in [7, 11) is 0. The van der Waals surface area contributed by atoms with E-state index >= 15 is 0 Å². The van der Waals surface area contributed by atoms with Gasteiger partial charge in [0, 0.05) is 11.6 Å². The van der Waals surface area contributed by atoms with Gasteiger partial charge in [-0.05, 0) is 55.7 Å². The van der Waals surface area contributed by atoms with Crippen LogP contribution in [0.25, 0.3) is 17.4 Å². The Labute approximate surface area is 223 Å². The standard InChI is InChI=1S/C30H27N3O6/c1-4-18-9-11-19(12-10-18)26-25(29(37)38-5-2)17(3)31-30-32-23(27(34)33(26)30)16-22-13-14-24(39-22)20-7-6-8-21(15-20)28(35)36/h6-16,26H,4-5H2,1-3H3,(H,31,32)(H,35,36). The van der Waals surface area contributed by atoms with Gasteiger partial charge in [-0.3, -0.25) is 9.36 Å². The molecule has 9 nitrogen and oxygen atoms in total. The van der Waals surface area contributed by atoms with Gasteiger partial charge >= 0.3 is 11.9 Å². The number of aromatic carboxylic acids is 1. The molecule has 5 rings (SSSR count). The third kappa shape index (κ3) is 4.86. The van der Waals surface area contributed by atoms with Gasteiger partial charge in [-0.2, -0.15) is 0 Å². The van der Waals surface area contributed by atoms with Crippen LogP contribution in [0.5, 0.6) is 0 Å². The minimum atomic E-state index is -1.03. The number of rotatable bonds is 7. The van der Waals surface area contributed by atoms with Crippen LogP contribution in [0.2, 0.25) is 0 Å². The normalized spacial score (nSPS) is 15.2. The number of aromatic amines is 1. The number of carboxylic acid groups (broad SMARTS) is 1. The molecule has 1 aliphatic rings. The number of carbonyl (C=O) groups excluding carboxylic acids is 1. The minimum absolute atomic E-state index is 0.143. The van der Waals surface area contributed by atoms with E-state index in [2.05, 4.69) is 16.9 Å². The smallest absolute Gasteiger partial charge is 0.338 e. The molecule has 0 saturated heterocycles. The Morgan fingerprint density at radius 1 is 1.13 bits per heavy atom. The molecule has 0 fully saturated rings. The number of fused-ring (bicyclic) bond motifs is 1. The molecule has 0 radical (unpaired) electrons. The van der Waals surface area contributed by atoms with E-state index < -0.39 is 18.0 Å². The topological polar surface area (TPSA) is 127 Å². The molecule has 2 aromatic carbocycles. The second kappa shape index (κ2) is 10.4. The molecule has 1 atom stereocenters. The average molecular weight is 526 g/mol. The summed E-state index contributed by atoms with van der Waals surface area (Å²) in [5.74, 6) is -0.705. The average Bonchev–Trinajstić information content (AvgIpc) is 3.52. The monoisotopic (exact) mass is 525 g/mol. The molecule has 39 heavy (non-hydrogen) atoms. The van der Waals surface area contributed by atoms with Crippen molar-refractivity contribution >= 4 is 18.0 Å². The highest BCUT2D eigenvalue weighted by Gasteiger charge is 2.33. The van der Waals surface area contributed by atoms with Gasteiger partial charge < -0.3 is 19.2 Å². The Morgan fingerprint density at radius 3 is 2.59 bits per heavy atom. The second-order valence-electron chi connectivity index (χ2n) is 9.10. The van der Waals surface area contributed by atoms with Crippen molar-refractivity contribution in [3.63, 3.8) is 0 Å². The van der Waals surface area contributed by atoms with Crippen LogP contribution in [0.4, 0.5) is 0 Å². The lowest BCUT2D eigenvalue weighted by atomic mass is 9.95. The van der Waals surface area contributed by atoms with E-state index in [1.807, 2.05) is 24.3 Å². The number of nitrogens with one attached hydrogen (secondary N) is 1. The lowest BCUT2D eigenvalue weighted by Gasteiger charge is -2.24. The SMILES string of the molecule is CCOC(=O)C1=C(C)N=c2[nH]c(=Cc3ccc(-c4cccc(C(=O)O)c4)o3)c(=O)n2C1c1ccc(CC)cc1. The second-order valence-corrected chi connectivity index (χ2v) is 9.10. The zero-order valence-electron chi connectivity index (χ0n) is 21.7. The number of imidazole rings is 1. The summed E-state index contributed by atoms with van der Waals surface area (Å²) in [5, 5.41) is 9.50. The molecule has 0 saturated carbocycles. The fourth-order valence-electron chi connectivity index (χ4n) is 4.68. The molecular weight excluding hydrogens is 498 g/mol. The van der Waals surface area contributed by atoms with Gasteiger partial charge in [-0.25, -0.2) is 14.6 Å². The van der Waals surface area contributed by atoms with Gasteiger partial charge in [0.15, 0.2) is 0 Å². The van der Waals surface area contributed by atoms with Gasteiger partial charge in [0.2, 0.25) is 5.62 Å². The van der Waals surface area contributed by atoms with Crippen molar-refractivity contribution in [2.45, 2.75) is 33.2 Å². The van der Waals surface area contributed by atoms with Crippen LogP contribution in [0.15, 0.2) is 86.1 Å². The van der Waals surface area contributed by atoms with E-state index in [0.29, 0.717) is 34.0 Å². The number of esters is 1. The number of carboxylic acids is 1. The number of carbonyl (C=O) groups is 2. The molecule has 2 aromatic heterocycles. The van der Waals surface area contributed by atoms with Crippen LogP contribution >= 0.6 is 0 Å². The van der Waals surface area contributed by atoms with Crippen molar-refractivity contribution in [3.8, 4) is 11.3 Å². The molecule has 1 aliphatic heterocycles. The molecule has 0 spiro atoms. The maximum atomic E-state index is 13.7. The highest BCUT2D eigenvalue weighted by molar-refractivity contribution is 5.91. The Hall–Kier alpha value is -4.92. The summed E-state index contributed by atoms with van der Waals surface area (Å²) in [6.45, 7) is 5.71. The summed E-state index contributed by atoms with van der Waals surface area (Å²) in [5.41, 5.74) is 3.34. The fourth-order valence-corrected chi connectivity index (χ4v) is 4.68. The molecule has 1 unspecified atom stereocenters. The predicted octanol–water partition coefficient (Wildman–Crippen LogP) is 3.59. The Bertz CT molecular complexity index is 1790. The van der Waals surface area contributed by atoms with Crippen LogP contribution in [-0.4, -0.2) is 33.2 Å². The van der Waals surface area contributed by atoms with Crippen LogP contribution in [-0.2, 0) is 16.0 Å². The molecular formula is C30H27N3O6. The molecule has 0 amide bonds. The van der Waals surface area contributed by atoms with Crippen molar-refractivity contribution < 1.29 is 23.8 Å². The highest BCUT2D eigenvalue weighted by Crippen LogP contribution is 2.30. The Balaban J connectivity index is 1.61. The number of benzene rings is 2. The van der Waals surface area contributed by atoms with E-state index in [1.165, 1.54) is 16.7 Å². The van der Waals surface area contributed by atoms with E-state index in [9.17, 15) is 19.5 Å². The van der Waals surface area contributed by atoms with E-state index in [-0.39, 0.29) is 23.1 Å². The molecule has 3 heterocycles. The van der Waals surface area contributed by atoms with Crippen molar-refractivity contribution in [1.29, 1.82) is 0 Å². The lowest BCUT2D eigenvalue weighted by molar-refractivity contribution is -0.139. The number of nitrogens with zero attached hydrogens (tertiary/aromatic N) is 2. The number of allylic oxidation sites excluding steroid dienone is 1. The molecule has 4 aromatic rings. The van der Waals surface area contributed by atoms with Crippen molar-refractivity contribution in [1.82, 2.24) is 9.55 Å². The lowest BCUT2D eigenvalue weighted by Crippen LogP contribution is -2.40. The van der Waals surface area contributed by atoms with Gasteiger partial charge in [-0.1, -0.05) is 43.3 Å². The number of aryl methyl sites for hydroxylation is 1. The van der Waals surface area contributed by atoms with Crippen LogP contribution in [0.1, 0.15) is 54.1 Å². The van der Waals surface area contributed by atoms with E-state index in [4.69, 9.17) is 9.15 Å². The first-order valence-corrected chi connectivity index (χ1v) is 12.6. The minimum Gasteiger partial charge on any atom is -0.478 e. The molecule has 9 heteroatoms. The summed E-state index contributed by atoms with van der Waals surface area (Å²) in [6.07, 6.45) is 2.42. The Morgan fingerprint density at radius 2 is 1.90 bits per heavy atom.